The molecular weight excluding hydrogens is 328 g/mol. The number of hydrogen-bond donors (Lipinski definition) is 2. The molecule has 26 heavy (non-hydrogen) atoms. The molecule has 1 fully saturated rings. The lowest BCUT2D eigenvalue weighted by atomic mass is 10.1. The van der Waals surface area contributed by atoms with E-state index in [4.69, 9.17) is 4.42 Å². The Morgan fingerprint density at radius 1 is 0.962 bits per heavy atom. The maximum absolute atomic E-state index is 12.8. The average molecular weight is 352 g/mol. The van der Waals surface area contributed by atoms with Gasteiger partial charge in [-0.1, -0.05) is 43.9 Å². The Bertz CT molecular complexity index is 743. The first-order valence-electron chi connectivity index (χ1n) is 9.15. The van der Waals surface area contributed by atoms with Crippen LogP contribution in [0.25, 0.3) is 6.08 Å². The molecule has 1 aliphatic carbocycles. The second-order valence-electron chi connectivity index (χ2n) is 6.56. The molecule has 1 heterocycles. The fraction of sp³-hybridized carbons (Fsp3) is 0.333. The van der Waals surface area contributed by atoms with E-state index < -0.39 is 0 Å². The third-order valence-corrected chi connectivity index (χ3v) is 4.55. The molecule has 0 aliphatic heterocycles. The summed E-state index contributed by atoms with van der Waals surface area (Å²) < 4.78 is 5.30. The highest BCUT2D eigenvalue weighted by Gasteiger charge is 2.19. The summed E-state index contributed by atoms with van der Waals surface area (Å²) in [6, 6.07) is 12.5. The fourth-order valence-electron chi connectivity index (χ4n) is 3.14. The van der Waals surface area contributed by atoms with Gasteiger partial charge in [-0.3, -0.25) is 9.59 Å². The number of amides is 2. The van der Waals surface area contributed by atoms with Gasteiger partial charge in [-0.25, -0.2) is 0 Å². The molecule has 5 heteroatoms. The highest BCUT2D eigenvalue weighted by atomic mass is 16.3. The highest BCUT2D eigenvalue weighted by Crippen LogP contribution is 2.18. The molecule has 1 aromatic heterocycles. The maximum Gasteiger partial charge on any atom is 0.268 e. The molecule has 1 aromatic carbocycles. The van der Waals surface area contributed by atoms with Crippen molar-refractivity contribution in [2.45, 2.75) is 44.6 Å². The van der Waals surface area contributed by atoms with Crippen LogP contribution in [0.5, 0.6) is 0 Å². The standard InChI is InChI=1S/C21H24N2O3/c24-20(16-9-4-3-5-10-16)23-19(15-18-13-8-14-26-18)21(25)22-17-11-6-1-2-7-12-17/h3-5,8-10,13-15,17H,1-2,6-7,11-12H2,(H,22,25)(H,23,24). The molecule has 1 aliphatic rings. The molecule has 0 bridgehead atoms. The Labute approximate surface area is 153 Å². The number of carbonyl (C=O) groups is 2. The Morgan fingerprint density at radius 2 is 1.69 bits per heavy atom. The van der Waals surface area contributed by atoms with Gasteiger partial charge in [0.2, 0.25) is 0 Å². The molecule has 5 nitrogen and oxygen atoms in total. The van der Waals surface area contributed by atoms with E-state index in [0.29, 0.717) is 11.3 Å². The van der Waals surface area contributed by atoms with Crippen LogP contribution in [0.4, 0.5) is 0 Å². The number of benzene rings is 1. The van der Waals surface area contributed by atoms with E-state index in [0.717, 1.165) is 25.7 Å². The summed E-state index contributed by atoms with van der Waals surface area (Å²) in [6.45, 7) is 0. The number of rotatable bonds is 5. The fourth-order valence-corrected chi connectivity index (χ4v) is 3.14. The Hall–Kier alpha value is -2.82. The van der Waals surface area contributed by atoms with Gasteiger partial charge in [0, 0.05) is 17.7 Å². The number of hydrogen-bond acceptors (Lipinski definition) is 3. The summed E-state index contributed by atoms with van der Waals surface area (Å²) in [5, 5.41) is 5.79. The van der Waals surface area contributed by atoms with Crippen molar-refractivity contribution in [3.63, 3.8) is 0 Å². The van der Waals surface area contributed by atoms with Gasteiger partial charge in [0.15, 0.2) is 0 Å². The normalized spacial score (nSPS) is 15.9. The molecular formula is C21H24N2O3. The third-order valence-electron chi connectivity index (χ3n) is 4.55. The molecule has 136 valence electrons. The van der Waals surface area contributed by atoms with E-state index >= 15 is 0 Å². The van der Waals surface area contributed by atoms with Gasteiger partial charge < -0.3 is 15.1 Å². The van der Waals surface area contributed by atoms with Crippen LogP contribution in [0.2, 0.25) is 0 Å². The van der Waals surface area contributed by atoms with Crippen LogP contribution < -0.4 is 10.6 Å². The van der Waals surface area contributed by atoms with Gasteiger partial charge in [0.05, 0.1) is 6.26 Å². The minimum atomic E-state index is -0.320. The highest BCUT2D eigenvalue weighted by molar-refractivity contribution is 6.05. The number of carbonyl (C=O) groups excluding carboxylic acids is 2. The zero-order chi connectivity index (χ0) is 18.2. The summed E-state index contributed by atoms with van der Waals surface area (Å²) in [7, 11) is 0. The molecule has 0 unspecified atom stereocenters. The van der Waals surface area contributed by atoms with E-state index in [-0.39, 0.29) is 23.6 Å². The minimum Gasteiger partial charge on any atom is -0.465 e. The Balaban J connectivity index is 1.74. The molecule has 0 atom stereocenters. The molecule has 0 spiro atoms. The SMILES string of the molecule is O=C(NC1CCCCCC1)C(=Cc1ccco1)NC(=O)c1ccccc1. The van der Waals surface area contributed by atoms with Gasteiger partial charge >= 0.3 is 0 Å². The van der Waals surface area contributed by atoms with Crippen LogP contribution in [0.15, 0.2) is 58.8 Å². The molecule has 0 saturated heterocycles. The van der Waals surface area contributed by atoms with Crippen molar-refractivity contribution in [3.8, 4) is 0 Å². The summed E-state index contributed by atoms with van der Waals surface area (Å²) in [6.07, 6.45) is 9.73. The van der Waals surface area contributed by atoms with Crippen molar-refractivity contribution in [1.82, 2.24) is 10.6 Å². The maximum atomic E-state index is 12.8. The minimum absolute atomic E-state index is 0.152. The Kier molecular flexibility index (Phi) is 6.25. The lowest BCUT2D eigenvalue weighted by molar-refractivity contribution is -0.118. The van der Waals surface area contributed by atoms with Crippen LogP contribution in [-0.4, -0.2) is 17.9 Å². The second kappa shape index (κ2) is 9.04. The van der Waals surface area contributed by atoms with Crippen LogP contribution >= 0.6 is 0 Å². The van der Waals surface area contributed by atoms with E-state index in [1.807, 2.05) is 6.07 Å². The number of furan rings is 1. The van der Waals surface area contributed by atoms with E-state index in [1.165, 1.54) is 19.1 Å². The van der Waals surface area contributed by atoms with E-state index in [9.17, 15) is 9.59 Å². The van der Waals surface area contributed by atoms with E-state index in [1.54, 1.807) is 42.5 Å². The van der Waals surface area contributed by atoms with Gasteiger partial charge in [-0.2, -0.15) is 0 Å². The Morgan fingerprint density at radius 3 is 2.35 bits per heavy atom. The monoisotopic (exact) mass is 352 g/mol. The molecule has 3 rings (SSSR count). The first kappa shape index (κ1) is 18.0. The van der Waals surface area contributed by atoms with Gasteiger partial charge in [0.1, 0.15) is 11.5 Å². The summed E-state index contributed by atoms with van der Waals surface area (Å²) in [5.41, 5.74) is 0.693. The van der Waals surface area contributed by atoms with E-state index in [2.05, 4.69) is 10.6 Å². The summed E-state index contributed by atoms with van der Waals surface area (Å²) >= 11 is 0. The van der Waals surface area contributed by atoms with Crippen LogP contribution in [0.1, 0.15) is 54.6 Å². The number of nitrogens with one attached hydrogen (secondary N) is 2. The first-order chi connectivity index (χ1) is 12.7. The van der Waals surface area contributed by atoms with Crippen molar-refractivity contribution >= 4 is 17.9 Å². The van der Waals surface area contributed by atoms with Gasteiger partial charge in [0.25, 0.3) is 11.8 Å². The molecule has 2 aromatic rings. The summed E-state index contributed by atoms with van der Waals surface area (Å²) in [5.74, 6) is -0.0821. The quantitative estimate of drug-likeness (QED) is 0.633. The molecule has 1 saturated carbocycles. The van der Waals surface area contributed by atoms with Crippen molar-refractivity contribution in [3.05, 3.63) is 65.7 Å². The third kappa shape index (κ3) is 5.09. The second-order valence-corrected chi connectivity index (χ2v) is 6.56. The predicted molar refractivity (Wildman–Crippen MR) is 100 cm³/mol. The van der Waals surface area contributed by atoms with Crippen LogP contribution in [-0.2, 0) is 4.79 Å². The first-order valence-corrected chi connectivity index (χ1v) is 9.15. The summed E-state index contributed by atoms with van der Waals surface area (Å²) in [4.78, 5) is 25.3. The smallest absolute Gasteiger partial charge is 0.268 e. The average Bonchev–Trinajstić information content (AvgIpc) is 3.04. The van der Waals surface area contributed by atoms with Crippen molar-refractivity contribution < 1.29 is 14.0 Å². The largest absolute Gasteiger partial charge is 0.465 e. The van der Waals surface area contributed by atoms with Crippen LogP contribution in [0.3, 0.4) is 0 Å². The van der Waals surface area contributed by atoms with Gasteiger partial charge in [-0.05, 0) is 37.1 Å². The van der Waals surface area contributed by atoms with Crippen molar-refractivity contribution in [2.24, 2.45) is 0 Å². The topological polar surface area (TPSA) is 71.3 Å². The van der Waals surface area contributed by atoms with Crippen molar-refractivity contribution in [1.29, 1.82) is 0 Å². The lowest BCUT2D eigenvalue weighted by Crippen LogP contribution is -2.40. The lowest BCUT2D eigenvalue weighted by Gasteiger charge is -2.18. The molecule has 0 radical (unpaired) electrons. The molecule has 2 amide bonds. The van der Waals surface area contributed by atoms with Crippen molar-refractivity contribution in [2.75, 3.05) is 0 Å². The van der Waals surface area contributed by atoms with Crippen LogP contribution in [0, 0.1) is 0 Å². The molecule has 2 N–H and O–H groups in total. The predicted octanol–water partition coefficient (Wildman–Crippen LogP) is 3.89. The zero-order valence-electron chi connectivity index (χ0n) is 14.7. The zero-order valence-corrected chi connectivity index (χ0v) is 14.7. The van der Waals surface area contributed by atoms with Gasteiger partial charge in [-0.15, -0.1) is 0 Å².